The monoisotopic (exact) mass is 212 g/mol. The molecule has 0 aliphatic carbocycles. The SMILES string of the molecule is CCCC(C)N1CCCC(C)(CN)CC1. The van der Waals surface area contributed by atoms with E-state index in [1.165, 1.54) is 45.2 Å². The van der Waals surface area contributed by atoms with Gasteiger partial charge in [-0.3, -0.25) is 0 Å². The van der Waals surface area contributed by atoms with E-state index in [4.69, 9.17) is 5.73 Å². The van der Waals surface area contributed by atoms with Crippen molar-refractivity contribution in [2.45, 2.75) is 58.9 Å². The molecule has 1 aliphatic heterocycles. The summed E-state index contributed by atoms with van der Waals surface area (Å²) in [5.41, 5.74) is 6.27. The first-order valence-electron chi connectivity index (χ1n) is 6.55. The van der Waals surface area contributed by atoms with Crippen LogP contribution in [-0.4, -0.2) is 30.6 Å². The molecule has 0 amide bonds. The fourth-order valence-electron chi connectivity index (χ4n) is 2.60. The zero-order chi connectivity index (χ0) is 11.3. The lowest BCUT2D eigenvalue weighted by Gasteiger charge is -2.29. The summed E-state index contributed by atoms with van der Waals surface area (Å²) in [4.78, 5) is 2.66. The Kier molecular flexibility index (Phi) is 5.07. The molecule has 2 heteroatoms. The van der Waals surface area contributed by atoms with Crippen molar-refractivity contribution in [3.05, 3.63) is 0 Å². The van der Waals surface area contributed by atoms with Crippen molar-refractivity contribution in [1.29, 1.82) is 0 Å². The lowest BCUT2D eigenvalue weighted by molar-refractivity contribution is 0.195. The molecule has 2 N–H and O–H groups in total. The third-order valence-electron chi connectivity index (χ3n) is 4.05. The molecule has 1 heterocycles. The second-order valence-corrected chi connectivity index (χ2v) is 5.54. The number of rotatable bonds is 4. The van der Waals surface area contributed by atoms with Crippen molar-refractivity contribution >= 4 is 0 Å². The van der Waals surface area contributed by atoms with Crippen LogP contribution in [0.25, 0.3) is 0 Å². The Balaban J connectivity index is 2.45. The lowest BCUT2D eigenvalue weighted by Crippen LogP contribution is -2.35. The Morgan fingerprint density at radius 3 is 2.67 bits per heavy atom. The fraction of sp³-hybridized carbons (Fsp3) is 1.00. The van der Waals surface area contributed by atoms with Crippen molar-refractivity contribution in [2.24, 2.45) is 11.1 Å². The van der Waals surface area contributed by atoms with Gasteiger partial charge in [0.15, 0.2) is 0 Å². The molecule has 0 radical (unpaired) electrons. The van der Waals surface area contributed by atoms with Crippen LogP contribution in [0.2, 0.25) is 0 Å². The van der Waals surface area contributed by atoms with Gasteiger partial charge < -0.3 is 10.6 Å². The Morgan fingerprint density at radius 1 is 1.33 bits per heavy atom. The van der Waals surface area contributed by atoms with E-state index in [0.717, 1.165) is 12.6 Å². The van der Waals surface area contributed by atoms with Gasteiger partial charge in [0.25, 0.3) is 0 Å². The molecule has 90 valence electrons. The maximum atomic E-state index is 5.87. The van der Waals surface area contributed by atoms with Crippen molar-refractivity contribution in [2.75, 3.05) is 19.6 Å². The minimum atomic E-state index is 0.403. The molecule has 2 unspecified atom stereocenters. The van der Waals surface area contributed by atoms with Gasteiger partial charge in [-0.2, -0.15) is 0 Å². The molecule has 0 aromatic rings. The third-order valence-corrected chi connectivity index (χ3v) is 4.05. The summed E-state index contributed by atoms with van der Waals surface area (Å²) >= 11 is 0. The maximum absolute atomic E-state index is 5.87. The predicted molar refractivity (Wildman–Crippen MR) is 67.0 cm³/mol. The van der Waals surface area contributed by atoms with Crippen LogP contribution in [0.5, 0.6) is 0 Å². The summed E-state index contributed by atoms with van der Waals surface area (Å²) in [6.07, 6.45) is 6.53. The van der Waals surface area contributed by atoms with Crippen LogP contribution >= 0.6 is 0 Å². The lowest BCUT2D eigenvalue weighted by atomic mass is 9.83. The third kappa shape index (κ3) is 3.76. The van der Waals surface area contributed by atoms with Gasteiger partial charge in [-0.1, -0.05) is 20.3 Å². The topological polar surface area (TPSA) is 29.3 Å². The minimum Gasteiger partial charge on any atom is -0.330 e. The Labute approximate surface area is 95.2 Å². The number of likely N-dealkylation sites (tertiary alicyclic amines) is 1. The molecule has 2 atom stereocenters. The van der Waals surface area contributed by atoms with Gasteiger partial charge >= 0.3 is 0 Å². The van der Waals surface area contributed by atoms with Crippen LogP contribution in [0.3, 0.4) is 0 Å². The number of nitrogens with zero attached hydrogens (tertiary/aromatic N) is 1. The molecule has 2 nitrogen and oxygen atoms in total. The van der Waals surface area contributed by atoms with Crippen molar-refractivity contribution in [3.63, 3.8) is 0 Å². The first kappa shape index (κ1) is 13.0. The van der Waals surface area contributed by atoms with Crippen LogP contribution in [0, 0.1) is 5.41 Å². The van der Waals surface area contributed by atoms with Gasteiger partial charge in [0.1, 0.15) is 0 Å². The van der Waals surface area contributed by atoms with E-state index in [1.54, 1.807) is 0 Å². The number of nitrogens with two attached hydrogens (primary N) is 1. The molecular formula is C13H28N2. The van der Waals surface area contributed by atoms with Gasteiger partial charge in [0.2, 0.25) is 0 Å². The number of hydrogen-bond acceptors (Lipinski definition) is 2. The van der Waals surface area contributed by atoms with Crippen molar-refractivity contribution in [1.82, 2.24) is 4.90 Å². The molecule has 0 aromatic carbocycles. The fourth-order valence-corrected chi connectivity index (χ4v) is 2.60. The normalized spacial score (nSPS) is 31.2. The van der Waals surface area contributed by atoms with Crippen molar-refractivity contribution < 1.29 is 0 Å². The predicted octanol–water partition coefficient (Wildman–Crippen LogP) is 2.63. The van der Waals surface area contributed by atoms with Crippen molar-refractivity contribution in [3.8, 4) is 0 Å². The minimum absolute atomic E-state index is 0.403. The molecular weight excluding hydrogens is 184 g/mol. The highest BCUT2D eigenvalue weighted by Crippen LogP contribution is 2.30. The molecule has 0 saturated carbocycles. The van der Waals surface area contributed by atoms with Gasteiger partial charge in [0.05, 0.1) is 0 Å². The Bertz CT molecular complexity index is 181. The number of hydrogen-bond donors (Lipinski definition) is 1. The van der Waals surface area contributed by atoms with Gasteiger partial charge in [0, 0.05) is 6.04 Å². The van der Waals surface area contributed by atoms with E-state index in [-0.39, 0.29) is 0 Å². The summed E-state index contributed by atoms with van der Waals surface area (Å²) in [7, 11) is 0. The van der Waals surface area contributed by atoms with E-state index >= 15 is 0 Å². The first-order valence-corrected chi connectivity index (χ1v) is 6.55. The van der Waals surface area contributed by atoms with Crippen LogP contribution in [0.4, 0.5) is 0 Å². The summed E-state index contributed by atoms with van der Waals surface area (Å²) in [6.45, 7) is 10.4. The molecule has 0 bridgehead atoms. The summed E-state index contributed by atoms with van der Waals surface area (Å²) in [5.74, 6) is 0. The highest BCUT2D eigenvalue weighted by Gasteiger charge is 2.27. The average Bonchev–Trinajstić information content (AvgIpc) is 2.42. The quantitative estimate of drug-likeness (QED) is 0.776. The smallest absolute Gasteiger partial charge is 0.00668 e. The summed E-state index contributed by atoms with van der Waals surface area (Å²) < 4.78 is 0. The zero-order valence-corrected chi connectivity index (χ0v) is 10.8. The highest BCUT2D eigenvalue weighted by molar-refractivity contribution is 4.82. The molecule has 15 heavy (non-hydrogen) atoms. The Hall–Kier alpha value is -0.0800. The van der Waals surface area contributed by atoms with Crippen LogP contribution in [-0.2, 0) is 0 Å². The largest absolute Gasteiger partial charge is 0.330 e. The molecule has 1 aliphatic rings. The maximum Gasteiger partial charge on any atom is 0.00668 e. The first-order chi connectivity index (χ1) is 7.11. The molecule has 1 fully saturated rings. The summed E-state index contributed by atoms with van der Waals surface area (Å²) in [5, 5.41) is 0. The molecule has 1 rings (SSSR count). The van der Waals surface area contributed by atoms with E-state index < -0.39 is 0 Å². The highest BCUT2D eigenvalue weighted by atomic mass is 15.1. The van der Waals surface area contributed by atoms with Crippen LogP contribution in [0.1, 0.15) is 52.9 Å². The zero-order valence-electron chi connectivity index (χ0n) is 10.8. The second kappa shape index (κ2) is 5.86. The van der Waals surface area contributed by atoms with Gasteiger partial charge in [-0.05, 0) is 57.7 Å². The standard InChI is InChI=1S/C13H28N2/c1-4-6-12(2)15-9-5-7-13(3,11-14)8-10-15/h12H,4-11,14H2,1-3H3. The van der Waals surface area contributed by atoms with Crippen LogP contribution < -0.4 is 5.73 Å². The van der Waals surface area contributed by atoms with E-state index in [0.29, 0.717) is 5.41 Å². The summed E-state index contributed by atoms with van der Waals surface area (Å²) in [6, 6.07) is 0.759. The van der Waals surface area contributed by atoms with Gasteiger partial charge in [-0.25, -0.2) is 0 Å². The second-order valence-electron chi connectivity index (χ2n) is 5.54. The average molecular weight is 212 g/mol. The molecule has 1 saturated heterocycles. The molecule has 0 spiro atoms. The van der Waals surface area contributed by atoms with E-state index in [2.05, 4.69) is 25.7 Å². The van der Waals surface area contributed by atoms with E-state index in [9.17, 15) is 0 Å². The van der Waals surface area contributed by atoms with E-state index in [1.807, 2.05) is 0 Å². The van der Waals surface area contributed by atoms with Gasteiger partial charge in [-0.15, -0.1) is 0 Å². The van der Waals surface area contributed by atoms with Crippen LogP contribution in [0.15, 0.2) is 0 Å². The Morgan fingerprint density at radius 2 is 2.07 bits per heavy atom. The molecule has 0 aromatic heterocycles.